The highest BCUT2D eigenvalue weighted by Gasteiger charge is 2.26. The van der Waals surface area contributed by atoms with Crippen LogP contribution in [-0.4, -0.2) is 64.0 Å². The summed E-state index contributed by atoms with van der Waals surface area (Å²) >= 11 is 0. The second-order valence-corrected chi connectivity index (χ2v) is 8.74. The van der Waals surface area contributed by atoms with Crippen molar-refractivity contribution in [3.63, 3.8) is 0 Å². The Morgan fingerprint density at radius 3 is 2.45 bits per heavy atom. The van der Waals surface area contributed by atoms with Crippen LogP contribution in [0.5, 0.6) is 0 Å². The van der Waals surface area contributed by atoms with Crippen molar-refractivity contribution in [1.82, 2.24) is 15.1 Å². The standard InChI is InChI=1S/C20H27N5O3S/c1-24-13-14-25(19(15-24)16-5-3-2-4-6-16)12-11-22-20(26)23-17-7-9-18(10-8-17)29(21,27)28/h2-10,19H,11-15H2,1H3,(H2,21,27,28)(H2,22,23,26). The van der Waals surface area contributed by atoms with Crippen molar-refractivity contribution in [3.05, 3.63) is 60.2 Å². The Bertz CT molecular complexity index is 919. The summed E-state index contributed by atoms with van der Waals surface area (Å²) in [5.41, 5.74) is 1.77. The molecule has 0 saturated carbocycles. The van der Waals surface area contributed by atoms with E-state index in [1.165, 1.54) is 29.8 Å². The molecule has 0 bridgehead atoms. The summed E-state index contributed by atoms with van der Waals surface area (Å²) in [6, 6.07) is 16.1. The minimum absolute atomic E-state index is 0.00507. The van der Waals surface area contributed by atoms with Crippen LogP contribution in [0.15, 0.2) is 59.5 Å². The van der Waals surface area contributed by atoms with Gasteiger partial charge in [-0.1, -0.05) is 30.3 Å². The maximum Gasteiger partial charge on any atom is 0.319 e. The highest BCUT2D eigenvalue weighted by Crippen LogP contribution is 2.24. The predicted molar refractivity (Wildman–Crippen MR) is 113 cm³/mol. The number of piperazine rings is 1. The number of nitrogens with zero attached hydrogens (tertiary/aromatic N) is 2. The molecule has 1 heterocycles. The lowest BCUT2D eigenvalue weighted by atomic mass is 10.0. The Kier molecular flexibility index (Phi) is 6.86. The number of sulfonamides is 1. The molecular weight excluding hydrogens is 390 g/mol. The maximum atomic E-state index is 12.1. The molecule has 8 nitrogen and oxygen atoms in total. The van der Waals surface area contributed by atoms with Crippen molar-refractivity contribution in [2.75, 3.05) is 45.1 Å². The van der Waals surface area contributed by atoms with Gasteiger partial charge >= 0.3 is 6.03 Å². The molecule has 1 fully saturated rings. The van der Waals surface area contributed by atoms with Crippen LogP contribution in [0.4, 0.5) is 10.5 Å². The Morgan fingerprint density at radius 1 is 1.10 bits per heavy atom. The number of anilines is 1. The van der Waals surface area contributed by atoms with Gasteiger partial charge in [0.1, 0.15) is 0 Å². The summed E-state index contributed by atoms with van der Waals surface area (Å²) in [5, 5.41) is 10.6. The largest absolute Gasteiger partial charge is 0.337 e. The SMILES string of the molecule is CN1CCN(CCNC(=O)Nc2ccc(S(N)(=O)=O)cc2)C(c2ccccc2)C1. The van der Waals surface area contributed by atoms with E-state index in [1.807, 2.05) is 6.07 Å². The van der Waals surface area contributed by atoms with E-state index in [-0.39, 0.29) is 10.9 Å². The molecule has 9 heteroatoms. The molecular formula is C20H27N5O3S. The van der Waals surface area contributed by atoms with E-state index in [2.05, 4.69) is 51.7 Å². The topological polar surface area (TPSA) is 108 Å². The van der Waals surface area contributed by atoms with Gasteiger partial charge in [0.15, 0.2) is 0 Å². The number of primary sulfonamides is 1. The lowest BCUT2D eigenvalue weighted by Gasteiger charge is -2.40. The highest BCUT2D eigenvalue weighted by molar-refractivity contribution is 7.89. The molecule has 0 aromatic heterocycles. The fourth-order valence-corrected chi connectivity index (χ4v) is 3.95. The molecule has 0 aliphatic carbocycles. The monoisotopic (exact) mass is 417 g/mol. The molecule has 0 radical (unpaired) electrons. The summed E-state index contributed by atoms with van der Waals surface area (Å²) < 4.78 is 22.6. The zero-order valence-corrected chi connectivity index (χ0v) is 17.2. The molecule has 4 N–H and O–H groups in total. The highest BCUT2D eigenvalue weighted by atomic mass is 32.2. The van der Waals surface area contributed by atoms with Gasteiger partial charge in [-0.2, -0.15) is 0 Å². The van der Waals surface area contributed by atoms with Gasteiger partial charge in [-0.15, -0.1) is 0 Å². The summed E-state index contributed by atoms with van der Waals surface area (Å²) in [4.78, 5) is 16.9. The third-order valence-corrected chi connectivity index (χ3v) is 5.93. The number of amides is 2. The van der Waals surface area contributed by atoms with Gasteiger partial charge in [0.25, 0.3) is 0 Å². The molecule has 3 rings (SSSR count). The summed E-state index contributed by atoms with van der Waals surface area (Å²) in [6.07, 6.45) is 0. The second kappa shape index (κ2) is 9.36. The second-order valence-electron chi connectivity index (χ2n) is 7.17. The molecule has 1 saturated heterocycles. The zero-order chi connectivity index (χ0) is 20.9. The Morgan fingerprint density at radius 2 is 1.79 bits per heavy atom. The normalized spacial score (nSPS) is 18.3. The minimum Gasteiger partial charge on any atom is -0.337 e. The van der Waals surface area contributed by atoms with Crippen LogP contribution in [-0.2, 0) is 10.0 Å². The number of urea groups is 1. The first-order valence-electron chi connectivity index (χ1n) is 9.48. The summed E-state index contributed by atoms with van der Waals surface area (Å²) in [6.45, 7) is 4.13. The fourth-order valence-electron chi connectivity index (χ4n) is 3.43. The number of hydrogen-bond donors (Lipinski definition) is 3. The number of likely N-dealkylation sites (N-methyl/N-ethyl adjacent to an activating group) is 1. The van der Waals surface area contributed by atoms with Crippen LogP contribution in [0, 0.1) is 0 Å². The van der Waals surface area contributed by atoms with Crippen molar-refractivity contribution in [2.24, 2.45) is 5.14 Å². The van der Waals surface area contributed by atoms with E-state index in [9.17, 15) is 13.2 Å². The first kappa shape index (κ1) is 21.3. The van der Waals surface area contributed by atoms with Crippen molar-refractivity contribution in [2.45, 2.75) is 10.9 Å². The van der Waals surface area contributed by atoms with Gasteiger partial charge in [-0.3, -0.25) is 4.90 Å². The Hall–Kier alpha value is -2.46. The first-order valence-corrected chi connectivity index (χ1v) is 11.0. The number of carbonyl (C=O) groups excluding carboxylic acids is 1. The molecule has 156 valence electrons. The summed E-state index contributed by atoms with van der Waals surface area (Å²) in [5.74, 6) is 0. The molecule has 1 atom stereocenters. The molecule has 2 aromatic rings. The minimum atomic E-state index is -3.74. The first-order chi connectivity index (χ1) is 13.8. The molecule has 1 unspecified atom stereocenters. The summed E-state index contributed by atoms with van der Waals surface area (Å²) in [7, 11) is -1.62. The average Bonchev–Trinajstić information content (AvgIpc) is 2.69. The van der Waals surface area contributed by atoms with Gasteiger partial charge in [0.05, 0.1) is 4.90 Å². The van der Waals surface area contributed by atoms with Crippen molar-refractivity contribution in [3.8, 4) is 0 Å². The fraction of sp³-hybridized carbons (Fsp3) is 0.350. The number of rotatable bonds is 6. The van der Waals surface area contributed by atoms with E-state index >= 15 is 0 Å². The van der Waals surface area contributed by atoms with Gasteiger partial charge in [-0.25, -0.2) is 18.4 Å². The smallest absolute Gasteiger partial charge is 0.319 e. The molecule has 0 spiro atoms. The molecule has 1 aliphatic heterocycles. The van der Waals surface area contributed by atoms with Crippen molar-refractivity contribution < 1.29 is 13.2 Å². The third kappa shape index (κ3) is 6.01. The quantitative estimate of drug-likeness (QED) is 0.659. The Labute approximate surface area is 171 Å². The van der Waals surface area contributed by atoms with Crippen LogP contribution in [0.2, 0.25) is 0 Å². The van der Waals surface area contributed by atoms with E-state index in [1.54, 1.807) is 0 Å². The number of benzene rings is 2. The number of nitrogens with one attached hydrogen (secondary N) is 2. The third-order valence-electron chi connectivity index (χ3n) is 5.00. The molecule has 2 aromatic carbocycles. The zero-order valence-electron chi connectivity index (χ0n) is 16.4. The predicted octanol–water partition coefficient (Wildman–Crippen LogP) is 1.44. The van der Waals surface area contributed by atoms with Crippen LogP contribution < -0.4 is 15.8 Å². The lowest BCUT2D eigenvalue weighted by molar-refractivity contribution is 0.0913. The van der Waals surface area contributed by atoms with Crippen LogP contribution in [0.25, 0.3) is 0 Å². The molecule has 29 heavy (non-hydrogen) atoms. The lowest BCUT2D eigenvalue weighted by Crippen LogP contribution is -2.49. The number of hydrogen-bond acceptors (Lipinski definition) is 5. The molecule has 1 aliphatic rings. The van der Waals surface area contributed by atoms with Crippen molar-refractivity contribution in [1.29, 1.82) is 0 Å². The van der Waals surface area contributed by atoms with Crippen molar-refractivity contribution >= 4 is 21.7 Å². The maximum absolute atomic E-state index is 12.1. The molecule has 2 amide bonds. The van der Waals surface area contributed by atoms with Gasteiger partial charge in [0.2, 0.25) is 10.0 Å². The van der Waals surface area contributed by atoms with E-state index in [0.717, 1.165) is 26.2 Å². The van der Waals surface area contributed by atoms with E-state index in [0.29, 0.717) is 18.3 Å². The van der Waals surface area contributed by atoms with Crippen LogP contribution >= 0.6 is 0 Å². The number of carbonyl (C=O) groups is 1. The van der Waals surface area contributed by atoms with Gasteiger partial charge < -0.3 is 15.5 Å². The number of nitrogens with two attached hydrogens (primary N) is 1. The van der Waals surface area contributed by atoms with Crippen LogP contribution in [0.3, 0.4) is 0 Å². The van der Waals surface area contributed by atoms with Gasteiger partial charge in [-0.05, 0) is 36.9 Å². The van der Waals surface area contributed by atoms with E-state index in [4.69, 9.17) is 5.14 Å². The Balaban J connectivity index is 1.51. The van der Waals surface area contributed by atoms with Crippen LogP contribution in [0.1, 0.15) is 11.6 Å². The van der Waals surface area contributed by atoms with E-state index < -0.39 is 10.0 Å². The average molecular weight is 418 g/mol. The van der Waals surface area contributed by atoms with Gasteiger partial charge in [0, 0.05) is 44.5 Å².